The minimum atomic E-state index is -2.11. The van der Waals surface area contributed by atoms with Crippen molar-refractivity contribution in [1.29, 1.82) is 5.41 Å². The predicted molar refractivity (Wildman–Crippen MR) is 530 cm³/mol. The second-order valence-corrected chi connectivity index (χ2v) is 36.1. The number of nitrogens with one attached hydrogen (secondary N) is 19. The molecule has 2 aliphatic heterocycles. The highest BCUT2D eigenvalue weighted by molar-refractivity contribution is 6.02. The van der Waals surface area contributed by atoms with Gasteiger partial charge in [0.1, 0.15) is 78.5 Å². The molecule has 4 aromatic rings. The number of aliphatic carboxylic acids is 3. The summed E-state index contributed by atoms with van der Waals surface area (Å²) in [5.41, 5.74) is 7.49. The molecule has 2 fully saturated rings. The summed E-state index contributed by atoms with van der Waals surface area (Å²) >= 11 is 0. The van der Waals surface area contributed by atoms with E-state index >= 15 is 14.4 Å². The second-order valence-electron chi connectivity index (χ2n) is 36.1. The molecule has 52 nitrogen and oxygen atoms in total. The molecule has 0 radical (unpaired) electrons. The Bertz CT molecular complexity index is 4920. The Labute approximate surface area is 855 Å². The van der Waals surface area contributed by atoms with Crippen molar-refractivity contribution in [3.8, 4) is 0 Å². The number of amides is 16. The minimum Gasteiger partial charge on any atom is -0.481 e. The number of H-pyrrole nitrogens is 2. The Morgan fingerprint density at radius 1 is 0.500 bits per heavy atom. The molecule has 148 heavy (non-hydrogen) atoms. The maximum atomic E-state index is 15.4. The van der Waals surface area contributed by atoms with Gasteiger partial charge in [-0.3, -0.25) is 101 Å². The lowest BCUT2D eigenvalue weighted by molar-refractivity contribution is -0.144. The molecule has 0 spiro atoms. The molecule has 2 saturated heterocycles. The Morgan fingerprint density at radius 3 is 1.53 bits per heavy atom. The van der Waals surface area contributed by atoms with Crippen molar-refractivity contribution >= 4 is 129 Å². The number of carboxylic acids is 3. The summed E-state index contributed by atoms with van der Waals surface area (Å²) in [5.74, 6) is -20.5. The van der Waals surface area contributed by atoms with E-state index in [2.05, 4.69) is 100 Å². The molecule has 0 aliphatic carbocycles. The molecule has 820 valence electrons. The number of benzene rings is 2. The van der Waals surface area contributed by atoms with Gasteiger partial charge in [0.05, 0.1) is 85.3 Å². The van der Waals surface area contributed by atoms with Gasteiger partial charge in [-0.2, -0.15) is 0 Å². The number of aliphatic hydroxyl groups is 5. The van der Waals surface area contributed by atoms with Crippen molar-refractivity contribution in [1.82, 2.24) is 110 Å². The Hall–Kier alpha value is -13.9. The topological polar surface area (TPSA) is 798 Å². The highest BCUT2D eigenvalue weighted by atomic mass is 16.5. The standard InChI is InChI=1S/C96H147N23O29/c1-59(125)106-67-34-36-100-79(127)48-71(112-88(139)69(46-61-49-104-64-28-20-19-27-63(61)64)110-84(135)66(30-23-35-103-96(97)98)107-87(138)68(45-60-25-15-14-16-26-60)109-89(140)70(111-86(67)137)47-62-50-99-58-105-62)95(146)119-40-24-31-77(119)94(145)117-76(57-124)93(144)116-75(56-123)92(143)115-73(54-121)90(141)108-65(29-21-22-39-118(51-81(130)131)52-82(132)133)85(136)114-74(55-122)91(142)113-72(53-120)83(134)102-38-42-148-44-43-147-41-37-101-78(126)32-17-12-10-8-6-4-2-3-5-7-9-11-13-18-33-80(128)129/h14-16,19-20,25-28,49-50,58,65-77,104,120-124H,2-13,17-18,21-24,29-48,51-57H2,1H3,(H,99,105)(H,100,127)(H,101,126)(H,102,134)(H,106,125)(H,107,138)(H,108,141)(H,109,140)(H,110,135)(H,111,137)(H,112,139)(H,113,142)(H,114,136)(H,115,143)(H,116,144)(H,117,145)(H,128,129)(H,130,131)(H,132,133)(H4,97,98,103). The van der Waals surface area contributed by atoms with Crippen LogP contribution in [0.4, 0.5) is 0 Å². The maximum Gasteiger partial charge on any atom is 0.317 e. The van der Waals surface area contributed by atoms with Crippen LogP contribution in [0.1, 0.15) is 184 Å². The van der Waals surface area contributed by atoms with Crippen molar-refractivity contribution in [2.75, 3.05) is 112 Å². The molecule has 2 aromatic heterocycles. The van der Waals surface area contributed by atoms with Crippen LogP contribution >= 0.6 is 0 Å². The molecule has 2 aromatic carbocycles. The van der Waals surface area contributed by atoms with Crippen LogP contribution in [0.5, 0.6) is 0 Å². The Kier molecular flexibility index (Phi) is 56.8. The summed E-state index contributed by atoms with van der Waals surface area (Å²) in [4.78, 5) is 273. The summed E-state index contributed by atoms with van der Waals surface area (Å²) in [6, 6.07) is -7.75. The molecule has 2 aliphatic rings. The van der Waals surface area contributed by atoms with E-state index in [1.54, 1.807) is 60.8 Å². The molecule has 13 atom stereocenters. The van der Waals surface area contributed by atoms with E-state index < -0.39 is 257 Å². The van der Waals surface area contributed by atoms with E-state index in [1.807, 2.05) is 0 Å². The van der Waals surface area contributed by atoms with Crippen molar-refractivity contribution in [2.24, 2.45) is 5.73 Å². The number of hydrogen-bond donors (Lipinski definition) is 28. The first-order valence-corrected chi connectivity index (χ1v) is 50.0. The smallest absolute Gasteiger partial charge is 0.317 e. The minimum absolute atomic E-state index is 0.0181. The van der Waals surface area contributed by atoms with Gasteiger partial charge in [-0.15, -0.1) is 0 Å². The number of carbonyl (C=O) groups is 19. The van der Waals surface area contributed by atoms with E-state index in [-0.39, 0.29) is 136 Å². The molecule has 0 bridgehead atoms. The molecule has 52 heteroatoms. The number of imidazole rings is 1. The fraction of sp³-hybridized carbons (Fsp3) is 0.615. The lowest BCUT2D eigenvalue weighted by Gasteiger charge is -2.31. The number of fused-ring (bicyclic) bond motifs is 1. The molecule has 0 saturated carbocycles. The number of guanidine groups is 1. The van der Waals surface area contributed by atoms with E-state index in [9.17, 15) is 112 Å². The van der Waals surface area contributed by atoms with Gasteiger partial charge in [0.2, 0.25) is 94.5 Å². The van der Waals surface area contributed by atoms with Crippen LogP contribution < -0.4 is 90.8 Å². The number of hydrogen-bond acceptors (Lipinski definition) is 29. The van der Waals surface area contributed by atoms with Gasteiger partial charge in [0, 0.05) is 101 Å². The highest BCUT2D eigenvalue weighted by Gasteiger charge is 2.43. The number of unbranched alkanes of at least 4 members (excludes halogenated alkanes) is 14. The van der Waals surface area contributed by atoms with Gasteiger partial charge < -0.3 is 156 Å². The lowest BCUT2D eigenvalue weighted by Crippen LogP contribution is -2.62. The van der Waals surface area contributed by atoms with E-state index in [1.165, 1.54) is 44.6 Å². The number of nitrogens with two attached hydrogens (primary N) is 1. The number of aromatic nitrogens is 3. The number of aromatic amines is 2. The predicted octanol–water partition coefficient (Wildman–Crippen LogP) is -5.88. The van der Waals surface area contributed by atoms with Gasteiger partial charge in [-0.25, -0.2) is 4.98 Å². The Balaban J connectivity index is 1.11. The average Bonchev–Trinajstić information content (AvgIpc) is 1.68. The van der Waals surface area contributed by atoms with Crippen molar-refractivity contribution < 1.29 is 141 Å². The molecular formula is C96H147N23O29. The SMILES string of the molecule is CC(=O)NC1CCNC(=O)CC(C(=O)N2CCCC2C(=O)NC(CO)C(=O)NC(CO)C(=O)NC(CO)C(=O)NC(CCCCN(CC(=O)O)CC(=O)O)C(=O)NC(CO)C(=O)NC(CO)C(=O)NCCOCCOCCNC(=O)CCCCCCCCCCCCCCCCC(=O)O)NC(=O)C(Cc2c[nH]c3ccccc23)NC(=O)C(CCCNC(=N)N)NC(=O)C(Cc2ccccc2)NC(=O)C(Cc2cnc[nH]2)NC1=O. The van der Waals surface area contributed by atoms with Crippen molar-refractivity contribution in [3.63, 3.8) is 0 Å². The second kappa shape index (κ2) is 68.5. The first kappa shape index (κ1) is 123. The lowest BCUT2D eigenvalue weighted by atomic mass is 10.0. The summed E-state index contributed by atoms with van der Waals surface area (Å²) in [5, 5.41) is 128. The number of ether oxygens (including phenoxy) is 2. The van der Waals surface area contributed by atoms with Crippen molar-refractivity contribution in [2.45, 2.75) is 265 Å². The number of aliphatic hydroxyl groups excluding tert-OH is 5. The van der Waals surface area contributed by atoms with Crippen LogP contribution in [0, 0.1) is 5.41 Å². The van der Waals surface area contributed by atoms with Crippen LogP contribution in [0.25, 0.3) is 10.9 Å². The monoisotopic (exact) mass is 2090 g/mol. The molecule has 16 amide bonds. The summed E-state index contributed by atoms with van der Waals surface area (Å²) < 4.78 is 11.0. The number of para-hydroxylation sites is 1. The maximum absolute atomic E-state index is 15.4. The van der Waals surface area contributed by atoms with E-state index in [0.717, 1.165) is 74.5 Å². The van der Waals surface area contributed by atoms with Crippen LogP contribution in [0.15, 0.2) is 73.3 Å². The highest BCUT2D eigenvalue weighted by Crippen LogP contribution is 2.24. The zero-order chi connectivity index (χ0) is 108. The third kappa shape index (κ3) is 46.4. The fourth-order valence-electron chi connectivity index (χ4n) is 16.5. The van der Waals surface area contributed by atoms with Gasteiger partial charge in [0.25, 0.3) is 0 Å². The van der Waals surface area contributed by atoms with Gasteiger partial charge in [-0.1, -0.05) is 126 Å². The molecule has 6 rings (SSSR count). The Morgan fingerprint density at radius 2 is 0.986 bits per heavy atom. The largest absolute Gasteiger partial charge is 0.481 e. The third-order valence-electron chi connectivity index (χ3n) is 24.3. The normalized spacial score (nSPS) is 18.2. The van der Waals surface area contributed by atoms with Crippen LogP contribution in [0.3, 0.4) is 0 Å². The first-order valence-electron chi connectivity index (χ1n) is 50.0. The van der Waals surface area contributed by atoms with Crippen LogP contribution in [0.2, 0.25) is 0 Å². The summed E-state index contributed by atoms with van der Waals surface area (Å²) in [7, 11) is 0. The van der Waals surface area contributed by atoms with Gasteiger partial charge in [0.15, 0.2) is 5.96 Å². The number of carbonyl (C=O) groups excluding carboxylic acids is 16. The van der Waals surface area contributed by atoms with Crippen LogP contribution in [-0.2, 0) is 120 Å². The van der Waals surface area contributed by atoms with E-state index in [0.29, 0.717) is 34.1 Å². The fourth-order valence-corrected chi connectivity index (χ4v) is 16.5. The number of carboxylic acid groups (broad SMARTS) is 3. The molecule has 29 N–H and O–H groups in total. The zero-order valence-electron chi connectivity index (χ0n) is 83.3. The molecule has 13 unspecified atom stereocenters. The summed E-state index contributed by atoms with van der Waals surface area (Å²) in [6.45, 7) is -6.83. The van der Waals surface area contributed by atoms with E-state index in [4.69, 9.17) is 25.7 Å². The quantitative estimate of drug-likeness (QED) is 0.0111. The molecule has 4 heterocycles. The average molecular weight is 2090 g/mol. The first-order chi connectivity index (χ1) is 71.0. The number of nitrogens with zero attached hydrogens (tertiary/aromatic N) is 3. The summed E-state index contributed by atoms with van der Waals surface area (Å²) in [6.07, 6.45) is 16.7. The number of likely N-dealkylation sites (tertiary alicyclic amines) is 1. The van der Waals surface area contributed by atoms with Gasteiger partial charge in [-0.05, 0) is 87.9 Å². The third-order valence-corrected chi connectivity index (χ3v) is 24.3. The van der Waals surface area contributed by atoms with Crippen molar-refractivity contribution in [3.05, 3.63) is 90.1 Å². The number of rotatable bonds is 65. The van der Waals surface area contributed by atoms with Gasteiger partial charge >= 0.3 is 17.9 Å². The van der Waals surface area contributed by atoms with Crippen LogP contribution in [-0.4, -0.2) is 374 Å². The molecular weight excluding hydrogens is 1940 g/mol. The zero-order valence-corrected chi connectivity index (χ0v) is 83.3.